The molecule has 4 nitrogen and oxygen atoms in total. The number of anilines is 8. The van der Waals surface area contributed by atoms with Gasteiger partial charge in [0.25, 0.3) is 0 Å². The van der Waals surface area contributed by atoms with Gasteiger partial charge in [-0.3, -0.25) is 4.99 Å². The minimum Gasteiger partial charge on any atom is -0.310 e. The van der Waals surface area contributed by atoms with Crippen molar-refractivity contribution in [2.45, 2.75) is 51.4 Å². The Kier molecular flexibility index (Phi) is 11.9. The normalized spacial score (nSPS) is 14.7. The van der Waals surface area contributed by atoms with Crippen molar-refractivity contribution in [3.8, 4) is 22.3 Å². The zero-order valence-electron chi connectivity index (χ0n) is 46.5. The van der Waals surface area contributed by atoms with E-state index in [1.807, 2.05) is 0 Å². The van der Waals surface area contributed by atoms with Crippen LogP contribution in [0.25, 0.3) is 28.0 Å². The highest BCUT2D eigenvalue weighted by Gasteiger charge is 2.42. The number of hydrogen-bond acceptors (Lipinski definition) is 4. The second-order valence-corrected chi connectivity index (χ2v) is 22.9. The molecule has 11 aromatic carbocycles. The fourth-order valence-electron chi connectivity index (χ4n) is 13.2. The molecule has 2 aliphatic carbocycles. The SMILES string of the molecule is C=C(c1ccc(N(c2ccccc2)c2ccc3c(c2)C(C)(C)c2cc4c(cc2-3)C(C)(C)c2cc(N(c3ccccc3)c3ccc(C5=Nc6ccccc6C5c5ccccc5)cc3)ccc2-4)cc1)N(c1ccccc1)c1ccccc1C. The quantitative estimate of drug-likeness (QED) is 0.122. The van der Waals surface area contributed by atoms with E-state index < -0.39 is 0 Å². The standard InChI is InChI=1S/C77H62N4/c1-51-23-19-22-34-73(51)79(56-26-13-8-14-27-56)52(2)53-35-39-59(40-36-53)80(57-28-15-9-16-29-57)61-43-45-63-66-49-71-67(50-70(66)76(3,4)68(63)47-61)64-46-44-62(48-69(64)77(71,5)6)81(58-30-17-10-18-31-58)60-41-37-55(38-42-60)75-74(54-24-11-7-12-25-54)65-32-20-21-33-72(65)78-75/h7-50,74H,2H2,1,3-6H3. The lowest BCUT2D eigenvalue weighted by molar-refractivity contribution is 0.652. The van der Waals surface area contributed by atoms with E-state index in [1.54, 1.807) is 0 Å². The van der Waals surface area contributed by atoms with Crippen LogP contribution >= 0.6 is 0 Å². The summed E-state index contributed by atoms with van der Waals surface area (Å²) in [6, 6.07) is 97.1. The smallest absolute Gasteiger partial charge is 0.0675 e. The third kappa shape index (κ3) is 8.32. The van der Waals surface area contributed by atoms with Crippen LogP contribution < -0.4 is 14.7 Å². The van der Waals surface area contributed by atoms with E-state index >= 15 is 0 Å². The molecule has 3 aliphatic rings. The van der Waals surface area contributed by atoms with Crippen LogP contribution in [0.1, 0.15) is 83.7 Å². The monoisotopic (exact) mass is 1040 g/mol. The van der Waals surface area contributed by atoms with Gasteiger partial charge in [0.1, 0.15) is 0 Å². The summed E-state index contributed by atoms with van der Waals surface area (Å²) in [5, 5.41) is 0. The molecule has 0 fully saturated rings. The van der Waals surface area contributed by atoms with Crippen LogP contribution in [0, 0.1) is 6.92 Å². The summed E-state index contributed by atoms with van der Waals surface area (Å²) in [4.78, 5) is 12.3. The minimum absolute atomic E-state index is 0.0757. The molecule has 14 rings (SSSR count). The number of rotatable bonds is 12. The molecule has 1 atom stereocenters. The van der Waals surface area contributed by atoms with Crippen LogP contribution in [-0.2, 0) is 10.8 Å². The molecule has 0 saturated heterocycles. The molecule has 0 bridgehead atoms. The topological polar surface area (TPSA) is 22.1 Å². The average molecular weight is 1040 g/mol. The molecule has 1 heterocycles. The molecule has 390 valence electrons. The fourth-order valence-corrected chi connectivity index (χ4v) is 13.2. The fraction of sp³-hybridized carbons (Fsp3) is 0.104. The third-order valence-electron chi connectivity index (χ3n) is 17.4. The summed E-state index contributed by atoms with van der Waals surface area (Å²) in [6.45, 7) is 16.5. The number of hydrogen-bond donors (Lipinski definition) is 0. The van der Waals surface area contributed by atoms with Crippen LogP contribution in [0.2, 0.25) is 0 Å². The van der Waals surface area contributed by atoms with Crippen molar-refractivity contribution in [2.24, 2.45) is 4.99 Å². The van der Waals surface area contributed by atoms with Gasteiger partial charge in [0.15, 0.2) is 0 Å². The molecular weight excluding hydrogens is 981 g/mol. The summed E-state index contributed by atoms with van der Waals surface area (Å²) >= 11 is 0. The predicted molar refractivity (Wildman–Crippen MR) is 341 cm³/mol. The maximum absolute atomic E-state index is 5.25. The van der Waals surface area contributed by atoms with Crippen molar-refractivity contribution in [3.05, 3.63) is 324 Å². The highest BCUT2D eigenvalue weighted by molar-refractivity contribution is 6.12. The van der Waals surface area contributed by atoms with Gasteiger partial charge < -0.3 is 14.7 Å². The van der Waals surface area contributed by atoms with E-state index in [0.29, 0.717) is 0 Å². The van der Waals surface area contributed by atoms with Crippen molar-refractivity contribution in [1.29, 1.82) is 0 Å². The van der Waals surface area contributed by atoms with Crippen LogP contribution in [0.5, 0.6) is 0 Å². The molecule has 0 spiro atoms. The molecule has 0 amide bonds. The van der Waals surface area contributed by atoms with E-state index in [2.05, 4.69) is 316 Å². The van der Waals surface area contributed by atoms with Crippen LogP contribution in [0.4, 0.5) is 51.2 Å². The number of aliphatic imine (C=N–C) groups is 1. The Morgan fingerprint density at radius 2 is 0.815 bits per heavy atom. The van der Waals surface area contributed by atoms with Crippen LogP contribution in [-0.4, -0.2) is 5.71 Å². The molecule has 0 radical (unpaired) electrons. The Morgan fingerprint density at radius 1 is 0.395 bits per heavy atom. The van der Waals surface area contributed by atoms with E-state index in [1.165, 1.54) is 61.2 Å². The Balaban J connectivity index is 0.787. The summed E-state index contributed by atoms with van der Waals surface area (Å²) in [7, 11) is 0. The van der Waals surface area contributed by atoms with Crippen molar-refractivity contribution < 1.29 is 0 Å². The second kappa shape index (κ2) is 19.5. The average Bonchev–Trinajstić information content (AvgIpc) is 3.98. The van der Waals surface area contributed by atoms with Gasteiger partial charge in [0.2, 0.25) is 0 Å². The number of para-hydroxylation sites is 5. The molecular formula is C77H62N4. The Bertz CT molecular complexity index is 4240. The molecule has 0 N–H and O–H groups in total. The first-order valence-electron chi connectivity index (χ1n) is 28.3. The van der Waals surface area contributed by atoms with Crippen molar-refractivity contribution in [2.75, 3.05) is 14.7 Å². The Hall–Kier alpha value is -9.77. The number of benzene rings is 11. The largest absolute Gasteiger partial charge is 0.310 e. The van der Waals surface area contributed by atoms with Gasteiger partial charge in [-0.25, -0.2) is 0 Å². The lowest BCUT2D eigenvalue weighted by atomic mass is 9.79. The summed E-state index contributed by atoms with van der Waals surface area (Å²) in [5.41, 5.74) is 27.9. The number of aryl methyl sites for hydroxylation is 1. The molecule has 4 heteroatoms. The highest BCUT2D eigenvalue weighted by Crippen LogP contribution is 2.58. The zero-order chi connectivity index (χ0) is 55.0. The number of nitrogens with zero attached hydrogens (tertiary/aromatic N) is 4. The van der Waals surface area contributed by atoms with Gasteiger partial charge in [0.05, 0.1) is 17.3 Å². The lowest BCUT2D eigenvalue weighted by Crippen LogP contribution is -2.18. The predicted octanol–water partition coefficient (Wildman–Crippen LogP) is 20.6. The number of fused-ring (bicyclic) bond motifs is 7. The van der Waals surface area contributed by atoms with Crippen molar-refractivity contribution in [3.63, 3.8) is 0 Å². The van der Waals surface area contributed by atoms with E-state index in [-0.39, 0.29) is 16.7 Å². The van der Waals surface area contributed by atoms with Gasteiger partial charge in [-0.15, -0.1) is 0 Å². The third-order valence-corrected chi connectivity index (χ3v) is 17.4. The van der Waals surface area contributed by atoms with Crippen LogP contribution in [0.15, 0.2) is 278 Å². The maximum atomic E-state index is 5.25. The molecule has 0 aromatic heterocycles. The van der Waals surface area contributed by atoms with Gasteiger partial charge in [-0.2, -0.15) is 0 Å². The maximum Gasteiger partial charge on any atom is 0.0675 e. The highest BCUT2D eigenvalue weighted by atomic mass is 15.2. The molecule has 0 saturated carbocycles. The first-order valence-corrected chi connectivity index (χ1v) is 28.3. The summed E-state index contributed by atoms with van der Waals surface area (Å²) in [5.74, 6) is 0.0757. The van der Waals surface area contributed by atoms with Crippen molar-refractivity contribution in [1.82, 2.24) is 0 Å². The van der Waals surface area contributed by atoms with E-state index in [9.17, 15) is 0 Å². The zero-order valence-corrected chi connectivity index (χ0v) is 46.5. The first-order chi connectivity index (χ1) is 39.5. The summed E-state index contributed by atoms with van der Waals surface area (Å²) in [6.07, 6.45) is 0. The molecule has 1 aliphatic heterocycles. The molecule has 81 heavy (non-hydrogen) atoms. The first kappa shape index (κ1) is 49.5. The van der Waals surface area contributed by atoms with Gasteiger partial charge in [-0.05, 0) is 188 Å². The van der Waals surface area contributed by atoms with Gasteiger partial charge >= 0.3 is 0 Å². The lowest BCUT2D eigenvalue weighted by Gasteiger charge is -2.30. The van der Waals surface area contributed by atoms with E-state index in [0.717, 1.165) is 73.7 Å². The van der Waals surface area contributed by atoms with Gasteiger partial charge in [-0.1, -0.05) is 192 Å². The van der Waals surface area contributed by atoms with Crippen molar-refractivity contribution >= 4 is 62.6 Å². The minimum atomic E-state index is -0.257. The van der Waals surface area contributed by atoms with E-state index in [4.69, 9.17) is 11.6 Å². The molecule has 11 aromatic rings. The van der Waals surface area contributed by atoms with Crippen LogP contribution in [0.3, 0.4) is 0 Å². The van der Waals surface area contributed by atoms with Gasteiger partial charge in [0, 0.05) is 62.0 Å². The Labute approximate surface area is 476 Å². The molecule has 1 unspecified atom stereocenters. The Morgan fingerprint density at radius 3 is 1.35 bits per heavy atom. The second-order valence-electron chi connectivity index (χ2n) is 22.9. The summed E-state index contributed by atoms with van der Waals surface area (Å²) < 4.78 is 0.